The molecule has 0 atom stereocenters. The van der Waals surface area contributed by atoms with Crippen molar-refractivity contribution in [3.8, 4) is 5.75 Å². The Hall–Kier alpha value is -2.22. The molecule has 112 valence electrons. The van der Waals surface area contributed by atoms with Crippen molar-refractivity contribution in [1.82, 2.24) is 4.98 Å². The van der Waals surface area contributed by atoms with Crippen molar-refractivity contribution in [2.45, 2.75) is 12.8 Å². The second kappa shape index (κ2) is 5.65. The van der Waals surface area contributed by atoms with Crippen LogP contribution < -0.4 is 14.8 Å². The summed E-state index contributed by atoms with van der Waals surface area (Å²) in [6.07, 6.45) is 4.84. The molecule has 0 saturated heterocycles. The van der Waals surface area contributed by atoms with Crippen molar-refractivity contribution in [2.24, 2.45) is 0 Å². The third kappa shape index (κ3) is 3.46. The number of ether oxygens (including phenoxy) is 1. The van der Waals surface area contributed by atoms with Crippen molar-refractivity contribution in [1.29, 1.82) is 0 Å². The molecule has 0 saturated carbocycles. The zero-order chi connectivity index (χ0) is 14.7. The molecule has 1 aromatic heterocycles. The predicted molar refractivity (Wildman–Crippen MR) is 77.8 cm³/mol. The highest BCUT2D eigenvalue weighted by molar-refractivity contribution is 7.92. The summed E-state index contributed by atoms with van der Waals surface area (Å²) < 4.78 is 35.5. The van der Waals surface area contributed by atoms with Gasteiger partial charge in [0, 0.05) is 24.7 Å². The van der Waals surface area contributed by atoms with Crippen LogP contribution in [0.3, 0.4) is 0 Å². The van der Waals surface area contributed by atoms with E-state index in [2.05, 4.69) is 15.0 Å². The highest BCUT2D eigenvalue weighted by Crippen LogP contribution is 2.32. The lowest BCUT2D eigenvalue weighted by atomic mass is 10.2. The molecule has 0 aliphatic carbocycles. The van der Waals surface area contributed by atoms with Crippen LogP contribution in [0.15, 0.2) is 35.2 Å². The molecule has 0 fully saturated rings. The quantitative estimate of drug-likeness (QED) is 0.818. The van der Waals surface area contributed by atoms with E-state index in [0.29, 0.717) is 11.4 Å². The Labute approximate surface area is 122 Å². The minimum Gasteiger partial charge on any atom is -0.473 e. The van der Waals surface area contributed by atoms with Crippen LogP contribution in [-0.2, 0) is 16.4 Å². The third-order valence-corrected chi connectivity index (χ3v) is 3.99. The molecule has 1 aliphatic heterocycles. The van der Waals surface area contributed by atoms with E-state index >= 15 is 0 Å². The number of benzene rings is 1. The molecule has 0 radical (unpaired) electrons. The Morgan fingerprint density at radius 3 is 3.10 bits per heavy atom. The van der Waals surface area contributed by atoms with Crippen LogP contribution in [0.2, 0.25) is 0 Å². The van der Waals surface area contributed by atoms with Gasteiger partial charge in [0.15, 0.2) is 6.39 Å². The molecule has 0 bridgehead atoms. The van der Waals surface area contributed by atoms with E-state index in [9.17, 15) is 8.42 Å². The van der Waals surface area contributed by atoms with E-state index in [4.69, 9.17) is 9.15 Å². The third-order valence-electron chi connectivity index (χ3n) is 3.03. The number of fused-ring (bicyclic) bond motifs is 1. The number of nitrogens with zero attached hydrogens (tertiary/aromatic N) is 1. The number of rotatable bonds is 5. The van der Waals surface area contributed by atoms with Crippen molar-refractivity contribution in [3.05, 3.63) is 36.5 Å². The van der Waals surface area contributed by atoms with Gasteiger partial charge in [-0.2, -0.15) is 0 Å². The van der Waals surface area contributed by atoms with Crippen molar-refractivity contribution >= 4 is 21.4 Å². The summed E-state index contributed by atoms with van der Waals surface area (Å²) in [5.74, 6) is 1.04. The lowest BCUT2D eigenvalue weighted by molar-refractivity contribution is 0.374. The maximum atomic E-state index is 11.4. The van der Waals surface area contributed by atoms with E-state index in [1.54, 1.807) is 18.3 Å². The number of sulfonamides is 1. The van der Waals surface area contributed by atoms with Gasteiger partial charge in [-0.15, -0.1) is 0 Å². The maximum Gasteiger partial charge on any atom is 0.268 e. The minimum atomic E-state index is -3.36. The number of aryl methyl sites for hydroxylation is 1. The molecular formula is C13H15N3O4S. The van der Waals surface area contributed by atoms with Crippen LogP contribution in [0.1, 0.15) is 12.2 Å². The van der Waals surface area contributed by atoms with E-state index in [1.807, 2.05) is 6.07 Å². The summed E-state index contributed by atoms with van der Waals surface area (Å²) in [5.41, 5.74) is 1.35. The molecule has 0 amide bonds. The first-order valence-electron chi connectivity index (χ1n) is 6.51. The Balaban J connectivity index is 1.55. The number of oxazole rings is 1. The normalized spacial score (nSPS) is 15.6. The van der Waals surface area contributed by atoms with Crippen LogP contribution in [0.4, 0.5) is 11.4 Å². The lowest BCUT2D eigenvalue weighted by Gasteiger charge is -2.20. The summed E-state index contributed by atoms with van der Waals surface area (Å²) in [7, 11) is -3.36. The first kappa shape index (κ1) is 13.7. The molecule has 7 nitrogen and oxygen atoms in total. The van der Waals surface area contributed by atoms with Crippen LogP contribution in [-0.4, -0.2) is 25.9 Å². The first-order chi connectivity index (χ1) is 10.1. The van der Waals surface area contributed by atoms with Gasteiger partial charge < -0.3 is 14.5 Å². The van der Waals surface area contributed by atoms with Crippen LogP contribution in [0, 0.1) is 0 Å². The highest BCUT2D eigenvalue weighted by atomic mass is 32.2. The first-order valence-corrected chi connectivity index (χ1v) is 8.16. The average molecular weight is 309 g/mol. The highest BCUT2D eigenvalue weighted by Gasteiger charge is 2.21. The maximum absolute atomic E-state index is 11.4. The summed E-state index contributed by atoms with van der Waals surface area (Å²) >= 11 is 0. The van der Waals surface area contributed by atoms with E-state index in [1.165, 1.54) is 6.39 Å². The second-order valence-corrected chi connectivity index (χ2v) is 6.36. The molecule has 0 spiro atoms. The van der Waals surface area contributed by atoms with Gasteiger partial charge in [-0.1, -0.05) is 0 Å². The molecular weight excluding hydrogens is 294 g/mol. The van der Waals surface area contributed by atoms with Gasteiger partial charge in [0.25, 0.3) is 10.0 Å². The fraction of sp³-hybridized carbons (Fsp3) is 0.308. The molecule has 0 unspecified atom stereocenters. The predicted octanol–water partition coefficient (Wildman–Crippen LogP) is 1.81. The van der Waals surface area contributed by atoms with Crippen molar-refractivity contribution in [2.75, 3.05) is 22.5 Å². The lowest BCUT2D eigenvalue weighted by Crippen LogP contribution is -2.25. The number of nitrogens with one attached hydrogen (secondary N) is 2. The number of hydrogen-bond acceptors (Lipinski definition) is 6. The SMILES string of the molecule is O=S1(=O)COc2cc(NCCCc3cnco3)ccc2N1. The van der Waals surface area contributed by atoms with Crippen molar-refractivity contribution in [3.63, 3.8) is 0 Å². The van der Waals surface area contributed by atoms with E-state index < -0.39 is 10.0 Å². The van der Waals surface area contributed by atoms with Gasteiger partial charge in [-0.3, -0.25) is 4.72 Å². The number of anilines is 2. The van der Waals surface area contributed by atoms with E-state index in [0.717, 1.165) is 30.8 Å². The summed E-state index contributed by atoms with van der Waals surface area (Å²) in [4.78, 5) is 3.86. The van der Waals surface area contributed by atoms with Crippen LogP contribution in [0.25, 0.3) is 0 Å². The topological polar surface area (TPSA) is 93.5 Å². The molecule has 21 heavy (non-hydrogen) atoms. The minimum absolute atomic E-state index is 0.352. The Bertz CT molecular complexity index is 713. The summed E-state index contributed by atoms with van der Waals surface area (Å²) in [6.45, 7) is 0.769. The molecule has 3 rings (SSSR count). The van der Waals surface area contributed by atoms with Gasteiger partial charge in [0.1, 0.15) is 11.5 Å². The molecule has 2 aromatic rings. The van der Waals surface area contributed by atoms with Gasteiger partial charge in [-0.25, -0.2) is 13.4 Å². The van der Waals surface area contributed by atoms with Crippen LogP contribution >= 0.6 is 0 Å². The van der Waals surface area contributed by atoms with Crippen molar-refractivity contribution < 1.29 is 17.6 Å². The standard InChI is InChI=1S/C13H15N3O4S/c17-21(18)9-20-13-6-10(3-4-12(13)16-21)15-5-1-2-11-7-14-8-19-11/h3-4,6-8,15-16H,1-2,5,9H2. The zero-order valence-corrected chi connectivity index (χ0v) is 12.0. The Kier molecular flexibility index (Phi) is 3.70. The Morgan fingerprint density at radius 2 is 2.29 bits per heavy atom. The van der Waals surface area contributed by atoms with Gasteiger partial charge in [0.05, 0.1) is 11.9 Å². The van der Waals surface area contributed by atoms with Gasteiger partial charge in [0.2, 0.25) is 5.94 Å². The van der Waals surface area contributed by atoms with Crippen LogP contribution in [0.5, 0.6) is 5.75 Å². The number of aromatic nitrogens is 1. The molecule has 1 aromatic carbocycles. The second-order valence-electron chi connectivity index (χ2n) is 4.69. The smallest absolute Gasteiger partial charge is 0.268 e. The summed E-state index contributed by atoms with van der Waals surface area (Å²) in [5, 5.41) is 3.26. The largest absolute Gasteiger partial charge is 0.473 e. The number of hydrogen-bond donors (Lipinski definition) is 2. The average Bonchev–Trinajstić information content (AvgIpc) is 2.96. The van der Waals surface area contributed by atoms with Gasteiger partial charge >= 0.3 is 0 Å². The Morgan fingerprint density at radius 1 is 1.38 bits per heavy atom. The molecule has 1 aliphatic rings. The molecule has 2 heterocycles. The monoisotopic (exact) mass is 309 g/mol. The fourth-order valence-corrected chi connectivity index (χ4v) is 2.88. The van der Waals surface area contributed by atoms with Gasteiger partial charge in [-0.05, 0) is 18.6 Å². The molecule has 2 N–H and O–H groups in total. The zero-order valence-electron chi connectivity index (χ0n) is 11.2. The summed E-state index contributed by atoms with van der Waals surface area (Å²) in [6, 6.07) is 5.28. The fourth-order valence-electron chi connectivity index (χ4n) is 2.04. The van der Waals surface area contributed by atoms with E-state index in [-0.39, 0.29) is 5.94 Å². The molecule has 8 heteroatoms.